The Morgan fingerprint density at radius 1 is 1.75 bits per heavy atom. The Balaban J connectivity index is 2.48. The molecule has 1 heterocycles. The zero-order chi connectivity index (χ0) is 12.2. The third-order valence-corrected chi connectivity index (χ3v) is 3.53. The molecule has 0 aliphatic rings. The van der Waals surface area contributed by atoms with Crippen LogP contribution in [0.2, 0.25) is 0 Å². The van der Waals surface area contributed by atoms with E-state index in [4.69, 9.17) is 0 Å². The van der Waals surface area contributed by atoms with Gasteiger partial charge in [-0.2, -0.15) is 0 Å². The minimum Gasteiger partial charge on any atom is -0.388 e. The van der Waals surface area contributed by atoms with Crippen LogP contribution in [0.5, 0.6) is 0 Å². The van der Waals surface area contributed by atoms with Crippen molar-refractivity contribution in [3.8, 4) is 0 Å². The molecule has 2 atom stereocenters. The van der Waals surface area contributed by atoms with Crippen LogP contribution in [0.3, 0.4) is 0 Å². The summed E-state index contributed by atoms with van der Waals surface area (Å²) < 4.78 is 0. The molecular weight excluding hydrogens is 224 g/mol. The first-order valence-electron chi connectivity index (χ1n) is 5.36. The van der Waals surface area contributed by atoms with E-state index in [0.29, 0.717) is 5.69 Å². The molecule has 90 valence electrons. The molecular formula is C11H18N2O2S. The van der Waals surface area contributed by atoms with Crippen molar-refractivity contribution in [1.29, 1.82) is 0 Å². The van der Waals surface area contributed by atoms with Crippen LogP contribution >= 0.6 is 11.3 Å². The van der Waals surface area contributed by atoms with Crippen molar-refractivity contribution in [2.45, 2.75) is 32.8 Å². The number of carbonyl (C=O) groups is 1. The van der Waals surface area contributed by atoms with Crippen LogP contribution in [0.25, 0.3) is 0 Å². The predicted molar refractivity (Wildman–Crippen MR) is 64.5 cm³/mol. The van der Waals surface area contributed by atoms with Crippen LogP contribution in [-0.2, 0) is 0 Å². The van der Waals surface area contributed by atoms with E-state index in [1.54, 1.807) is 17.8 Å². The molecule has 0 aliphatic heterocycles. The Bertz CT molecular complexity index is 336. The van der Waals surface area contributed by atoms with E-state index in [9.17, 15) is 9.90 Å². The number of hydrogen-bond acceptors (Lipinski definition) is 4. The molecule has 1 aromatic rings. The van der Waals surface area contributed by atoms with Gasteiger partial charge in [0.05, 0.1) is 11.1 Å². The minimum absolute atomic E-state index is 0.142. The van der Waals surface area contributed by atoms with Crippen molar-refractivity contribution in [2.24, 2.45) is 5.92 Å². The number of thiazole rings is 1. The highest BCUT2D eigenvalue weighted by atomic mass is 32.1. The summed E-state index contributed by atoms with van der Waals surface area (Å²) in [6.07, 6.45) is 0.875. The number of aromatic nitrogens is 1. The Kier molecular flexibility index (Phi) is 4.44. The predicted octanol–water partition coefficient (Wildman–Crippen LogP) is 1.67. The van der Waals surface area contributed by atoms with Gasteiger partial charge in [-0.1, -0.05) is 20.3 Å². The van der Waals surface area contributed by atoms with Gasteiger partial charge in [-0.25, -0.2) is 4.98 Å². The van der Waals surface area contributed by atoms with Crippen LogP contribution in [0.15, 0.2) is 10.9 Å². The van der Waals surface area contributed by atoms with Gasteiger partial charge in [0.2, 0.25) is 0 Å². The second-order valence-electron chi connectivity index (χ2n) is 4.22. The van der Waals surface area contributed by atoms with Crippen LogP contribution < -0.4 is 5.32 Å². The first-order valence-corrected chi connectivity index (χ1v) is 6.30. The summed E-state index contributed by atoms with van der Waals surface area (Å²) in [5.41, 5.74) is 1.15. The van der Waals surface area contributed by atoms with E-state index in [2.05, 4.69) is 10.3 Å². The second-order valence-corrected chi connectivity index (χ2v) is 4.94. The molecule has 0 fully saturated rings. The van der Waals surface area contributed by atoms with E-state index >= 15 is 0 Å². The van der Waals surface area contributed by atoms with E-state index < -0.39 is 5.60 Å². The Hall–Kier alpha value is -0.940. The van der Waals surface area contributed by atoms with E-state index in [1.807, 2.05) is 13.8 Å². The first-order chi connectivity index (χ1) is 7.47. The lowest BCUT2D eigenvalue weighted by Crippen LogP contribution is -2.45. The molecule has 16 heavy (non-hydrogen) atoms. The molecule has 0 saturated heterocycles. The molecule has 0 aliphatic carbocycles. The lowest BCUT2D eigenvalue weighted by atomic mass is 9.88. The largest absolute Gasteiger partial charge is 0.388 e. The summed E-state index contributed by atoms with van der Waals surface area (Å²) in [6.45, 7) is 5.97. The zero-order valence-electron chi connectivity index (χ0n) is 9.86. The maximum atomic E-state index is 11.6. The SMILES string of the molecule is CCC(C)C(C)(O)CNC(=O)c1cscn1. The number of nitrogens with zero attached hydrogens (tertiary/aromatic N) is 1. The molecule has 1 amide bonds. The molecule has 0 bridgehead atoms. The van der Waals surface area contributed by atoms with Gasteiger partial charge >= 0.3 is 0 Å². The van der Waals surface area contributed by atoms with Crippen molar-refractivity contribution in [1.82, 2.24) is 10.3 Å². The summed E-state index contributed by atoms with van der Waals surface area (Å²) in [5.74, 6) is -0.0898. The van der Waals surface area contributed by atoms with Gasteiger partial charge in [0.25, 0.3) is 5.91 Å². The third kappa shape index (κ3) is 3.28. The fraction of sp³-hybridized carbons (Fsp3) is 0.636. The molecule has 1 aromatic heterocycles. The topological polar surface area (TPSA) is 62.2 Å². The van der Waals surface area contributed by atoms with Gasteiger partial charge in [0, 0.05) is 11.9 Å². The molecule has 0 saturated carbocycles. The smallest absolute Gasteiger partial charge is 0.270 e. The number of amides is 1. The monoisotopic (exact) mass is 242 g/mol. The number of rotatable bonds is 5. The molecule has 4 nitrogen and oxygen atoms in total. The number of aliphatic hydroxyl groups is 1. The molecule has 2 unspecified atom stereocenters. The fourth-order valence-electron chi connectivity index (χ4n) is 1.29. The van der Waals surface area contributed by atoms with E-state index in [0.717, 1.165) is 6.42 Å². The van der Waals surface area contributed by atoms with Crippen LogP contribution in [0.1, 0.15) is 37.7 Å². The second kappa shape index (κ2) is 5.41. The lowest BCUT2D eigenvalue weighted by Gasteiger charge is -2.29. The van der Waals surface area contributed by atoms with Gasteiger partial charge in [-0.15, -0.1) is 11.3 Å². The highest BCUT2D eigenvalue weighted by Crippen LogP contribution is 2.18. The van der Waals surface area contributed by atoms with Gasteiger partial charge in [-0.05, 0) is 12.8 Å². The Morgan fingerprint density at radius 2 is 2.44 bits per heavy atom. The van der Waals surface area contributed by atoms with E-state index in [1.165, 1.54) is 11.3 Å². The van der Waals surface area contributed by atoms with Crippen molar-refractivity contribution in [2.75, 3.05) is 6.54 Å². The van der Waals surface area contributed by atoms with Gasteiger partial charge < -0.3 is 10.4 Å². The normalized spacial score (nSPS) is 16.5. The van der Waals surface area contributed by atoms with Crippen LogP contribution in [-0.4, -0.2) is 28.1 Å². The van der Waals surface area contributed by atoms with Crippen molar-refractivity contribution < 1.29 is 9.90 Å². The maximum Gasteiger partial charge on any atom is 0.270 e. The molecule has 2 N–H and O–H groups in total. The van der Waals surface area contributed by atoms with Crippen molar-refractivity contribution in [3.05, 3.63) is 16.6 Å². The minimum atomic E-state index is -0.875. The molecule has 0 radical (unpaired) electrons. The summed E-state index contributed by atoms with van der Waals surface area (Å²) in [6, 6.07) is 0. The quantitative estimate of drug-likeness (QED) is 0.825. The highest BCUT2D eigenvalue weighted by Gasteiger charge is 2.27. The molecule has 0 spiro atoms. The molecule has 5 heteroatoms. The van der Waals surface area contributed by atoms with Crippen molar-refractivity contribution >= 4 is 17.2 Å². The summed E-state index contributed by atoms with van der Waals surface area (Å²) >= 11 is 1.38. The number of hydrogen-bond donors (Lipinski definition) is 2. The molecule has 0 aromatic carbocycles. The van der Waals surface area contributed by atoms with Gasteiger partial charge in [-0.3, -0.25) is 4.79 Å². The summed E-state index contributed by atoms with van der Waals surface area (Å²) in [5, 5.41) is 14.5. The first kappa shape index (κ1) is 13.1. The summed E-state index contributed by atoms with van der Waals surface area (Å²) in [4.78, 5) is 15.5. The fourth-order valence-corrected chi connectivity index (χ4v) is 1.82. The number of carbonyl (C=O) groups excluding carboxylic acids is 1. The van der Waals surface area contributed by atoms with Crippen LogP contribution in [0.4, 0.5) is 0 Å². The average Bonchev–Trinajstić information content (AvgIpc) is 2.78. The van der Waals surface area contributed by atoms with Crippen LogP contribution in [0, 0.1) is 5.92 Å². The Labute approximate surface area is 99.7 Å². The van der Waals surface area contributed by atoms with Gasteiger partial charge in [0.15, 0.2) is 0 Å². The average molecular weight is 242 g/mol. The zero-order valence-corrected chi connectivity index (χ0v) is 10.7. The van der Waals surface area contributed by atoms with E-state index in [-0.39, 0.29) is 18.4 Å². The van der Waals surface area contributed by atoms with Crippen molar-refractivity contribution in [3.63, 3.8) is 0 Å². The number of nitrogens with one attached hydrogen (secondary N) is 1. The third-order valence-electron chi connectivity index (χ3n) is 2.95. The summed E-state index contributed by atoms with van der Waals surface area (Å²) in [7, 11) is 0. The Morgan fingerprint density at radius 3 is 2.94 bits per heavy atom. The maximum absolute atomic E-state index is 11.6. The highest BCUT2D eigenvalue weighted by molar-refractivity contribution is 7.07. The lowest BCUT2D eigenvalue weighted by molar-refractivity contribution is 0.00589. The standard InChI is InChI=1S/C11H18N2O2S/c1-4-8(2)11(3,15)6-12-10(14)9-5-16-7-13-9/h5,7-8,15H,4,6H2,1-3H3,(H,12,14). The molecule has 1 rings (SSSR count). The van der Waals surface area contributed by atoms with Gasteiger partial charge in [0.1, 0.15) is 5.69 Å².